The van der Waals surface area contributed by atoms with Crippen molar-refractivity contribution in [1.82, 2.24) is 4.90 Å². The third-order valence-electron chi connectivity index (χ3n) is 4.00. The molecule has 0 N–H and O–H groups in total. The summed E-state index contributed by atoms with van der Waals surface area (Å²) in [5.74, 6) is -0.305. The zero-order valence-electron chi connectivity index (χ0n) is 12.6. The number of hydrogen-bond donors (Lipinski definition) is 0. The molecule has 1 amide bonds. The van der Waals surface area contributed by atoms with E-state index in [9.17, 15) is 9.18 Å². The Bertz CT molecular complexity index is 744. The summed E-state index contributed by atoms with van der Waals surface area (Å²) in [6, 6.07) is 15.2. The average molecular weight is 309 g/mol. The third kappa shape index (κ3) is 3.32. The van der Waals surface area contributed by atoms with Crippen LogP contribution in [0, 0.1) is 17.1 Å². The number of carbonyl (C=O) groups is 1. The van der Waals surface area contributed by atoms with Gasteiger partial charge < -0.3 is 9.80 Å². The normalized spacial score (nSPS) is 14.4. The lowest BCUT2D eigenvalue weighted by Gasteiger charge is -2.36. The lowest BCUT2D eigenvalue weighted by atomic mass is 10.1. The Balaban J connectivity index is 1.65. The van der Waals surface area contributed by atoms with Crippen molar-refractivity contribution in [3.05, 3.63) is 65.5 Å². The lowest BCUT2D eigenvalue weighted by Crippen LogP contribution is -2.48. The number of nitrogens with zero attached hydrogens (tertiary/aromatic N) is 3. The fourth-order valence-electron chi connectivity index (χ4n) is 2.72. The molecule has 4 nitrogen and oxygen atoms in total. The molecule has 0 unspecified atom stereocenters. The first-order valence-corrected chi connectivity index (χ1v) is 7.47. The standard InChI is InChI=1S/C18H16FN3O/c19-16-4-6-17(7-5-16)21-8-10-22(11-9-21)18(23)15-3-1-2-14(12-15)13-20/h1-7,12H,8-11H2. The van der Waals surface area contributed by atoms with E-state index in [1.54, 1.807) is 41.3 Å². The molecule has 0 bridgehead atoms. The van der Waals surface area contributed by atoms with Crippen molar-refractivity contribution in [2.75, 3.05) is 31.1 Å². The highest BCUT2D eigenvalue weighted by molar-refractivity contribution is 5.94. The van der Waals surface area contributed by atoms with Gasteiger partial charge in [-0.3, -0.25) is 4.79 Å². The molecule has 0 saturated carbocycles. The van der Waals surface area contributed by atoms with E-state index in [1.807, 2.05) is 6.07 Å². The van der Waals surface area contributed by atoms with Crippen LogP contribution in [0.2, 0.25) is 0 Å². The molecular weight excluding hydrogens is 293 g/mol. The van der Waals surface area contributed by atoms with Crippen molar-refractivity contribution in [2.24, 2.45) is 0 Å². The quantitative estimate of drug-likeness (QED) is 0.857. The molecule has 0 aromatic heterocycles. The zero-order valence-corrected chi connectivity index (χ0v) is 12.6. The number of halogens is 1. The summed E-state index contributed by atoms with van der Waals surface area (Å²) < 4.78 is 13.0. The molecule has 1 fully saturated rings. The number of hydrogen-bond acceptors (Lipinski definition) is 3. The number of piperazine rings is 1. The molecule has 2 aromatic rings. The SMILES string of the molecule is N#Cc1cccc(C(=O)N2CCN(c3ccc(F)cc3)CC2)c1. The van der Waals surface area contributed by atoms with E-state index in [-0.39, 0.29) is 11.7 Å². The molecule has 23 heavy (non-hydrogen) atoms. The predicted octanol–water partition coefficient (Wildman–Crippen LogP) is 2.66. The van der Waals surface area contributed by atoms with Crippen molar-refractivity contribution in [3.63, 3.8) is 0 Å². The van der Waals surface area contributed by atoms with Gasteiger partial charge in [0.25, 0.3) is 5.91 Å². The topological polar surface area (TPSA) is 47.3 Å². The molecule has 2 aromatic carbocycles. The first-order chi connectivity index (χ1) is 11.2. The van der Waals surface area contributed by atoms with Crippen molar-refractivity contribution in [2.45, 2.75) is 0 Å². The van der Waals surface area contributed by atoms with Crippen LogP contribution in [0.1, 0.15) is 15.9 Å². The van der Waals surface area contributed by atoms with E-state index in [4.69, 9.17) is 5.26 Å². The number of carbonyl (C=O) groups excluding carboxylic acids is 1. The molecule has 0 radical (unpaired) electrons. The molecule has 1 saturated heterocycles. The van der Waals surface area contributed by atoms with Gasteiger partial charge in [0, 0.05) is 37.4 Å². The van der Waals surface area contributed by atoms with Crippen LogP contribution in [0.4, 0.5) is 10.1 Å². The van der Waals surface area contributed by atoms with Gasteiger partial charge in [-0.15, -0.1) is 0 Å². The summed E-state index contributed by atoms with van der Waals surface area (Å²) in [5, 5.41) is 8.93. The van der Waals surface area contributed by atoms with Gasteiger partial charge in [0.05, 0.1) is 11.6 Å². The fourth-order valence-corrected chi connectivity index (χ4v) is 2.72. The minimum Gasteiger partial charge on any atom is -0.368 e. The maximum absolute atomic E-state index is 13.0. The fraction of sp³-hybridized carbons (Fsp3) is 0.222. The van der Waals surface area contributed by atoms with Crippen LogP contribution in [0.25, 0.3) is 0 Å². The van der Waals surface area contributed by atoms with Crippen molar-refractivity contribution in [3.8, 4) is 6.07 Å². The summed E-state index contributed by atoms with van der Waals surface area (Å²) in [6.45, 7) is 2.62. The second-order valence-electron chi connectivity index (χ2n) is 5.45. The number of amides is 1. The van der Waals surface area contributed by atoms with Gasteiger partial charge in [-0.2, -0.15) is 5.26 Å². The first kappa shape index (κ1) is 15.0. The molecule has 5 heteroatoms. The Labute approximate surface area is 134 Å². The minimum absolute atomic E-state index is 0.0548. The molecule has 1 heterocycles. The van der Waals surface area contributed by atoms with Crippen molar-refractivity contribution in [1.29, 1.82) is 5.26 Å². The van der Waals surface area contributed by atoms with Gasteiger partial charge in [0.2, 0.25) is 0 Å². The van der Waals surface area contributed by atoms with Crippen molar-refractivity contribution < 1.29 is 9.18 Å². The number of benzene rings is 2. The van der Waals surface area contributed by atoms with E-state index < -0.39 is 0 Å². The number of anilines is 1. The Morgan fingerprint density at radius 1 is 1.04 bits per heavy atom. The van der Waals surface area contributed by atoms with Gasteiger partial charge in [-0.1, -0.05) is 6.07 Å². The van der Waals surface area contributed by atoms with Crippen molar-refractivity contribution >= 4 is 11.6 Å². The number of rotatable bonds is 2. The summed E-state index contributed by atoms with van der Waals surface area (Å²) in [4.78, 5) is 16.4. The van der Waals surface area contributed by atoms with Crippen LogP contribution in [-0.4, -0.2) is 37.0 Å². The van der Waals surface area contributed by atoms with Crippen LogP contribution in [0.5, 0.6) is 0 Å². The van der Waals surface area contributed by atoms with Gasteiger partial charge in [0.1, 0.15) is 5.82 Å². The summed E-state index contributed by atoms with van der Waals surface area (Å²) >= 11 is 0. The maximum atomic E-state index is 13.0. The predicted molar refractivity (Wildman–Crippen MR) is 85.7 cm³/mol. The molecule has 0 spiro atoms. The van der Waals surface area contributed by atoms with Crippen LogP contribution in [-0.2, 0) is 0 Å². The summed E-state index contributed by atoms with van der Waals surface area (Å²) in [5.41, 5.74) is 1.99. The second kappa shape index (κ2) is 6.49. The molecule has 116 valence electrons. The Kier molecular flexibility index (Phi) is 4.24. The Morgan fingerprint density at radius 3 is 2.39 bits per heavy atom. The van der Waals surface area contributed by atoms with E-state index >= 15 is 0 Å². The molecular formula is C18H16FN3O. The highest BCUT2D eigenvalue weighted by atomic mass is 19.1. The van der Waals surface area contributed by atoms with Crippen LogP contribution >= 0.6 is 0 Å². The Hall–Kier alpha value is -2.87. The minimum atomic E-state index is -0.250. The average Bonchev–Trinajstić information content (AvgIpc) is 2.62. The third-order valence-corrected chi connectivity index (χ3v) is 4.00. The largest absolute Gasteiger partial charge is 0.368 e. The smallest absolute Gasteiger partial charge is 0.254 e. The monoisotopic (exact) mass is 309 g/mol. The van der Waals surface area contributed by atoms with Gasteiger partial charge in [0.15, 0.2) is 0 Å². The second-order valence-corrected chi connectivity index (χ2v) is 5.45. The Morgan fingerprint density at radius 2 is 1.74 bits per heavy atom. The molecule has 1 aliphatic heterocycles. The summed E-state index contributed by atoms with van der Waals surface area (Å²) in [7, 11) is 0. The van der Waals surface area contributed by atoms with Crippen LogP contribution < -0.4 is 4.90 Å². The van der Waals surface area contributed by atoms with Crippen LogP contribution in [0.3, 0.4) is 0 Å². The van der Waals surface area contributed by atoms with E-state index in [0.29, 0.717) is 37.3 Å². The summed E-state index contributed by atoms with van der Waals surface area (Å²) in [6.07, 6.45) is 0. The first-order valence-electron chi connectivity index (χ1n) is 7.47. The van der Waals surface area contributed by atoms with E-state index in [1.165, 1.54) is 12.1 Å². The maximum Gasteiger partial charge on any atom is 0.254 e. The van der Waals surface area contributed by atoms with E-state index in [2.05, 4.69) is 4.90 Å². The molecule has 0 aliphatic carbocycles. The van der Waals surface area contributed by atoms with Crippen LogP contribution in [0.15, 0.2) is 48.5 Å². The van der Waals surface area contributed by atoms with Gasteiger partial charge in [-0.25, -0.2) is 4.39 Å². The molecule has 3 rings (SSSR count). The van der Waals surface area contributed by atoms with Gasteiger partial charge >= 0.3 is 0 Å². The van der Waals surface area contributed by atoms with E-state index in [0.717, 1.165) is 5.69 Å². The molecule has 1 aliphatic rings. The zero-order chi connectivity index (χ0) is 16.2. The van der Waals surface area contributed by atoms with Gasteiger partial charge in [-0.05, 0) is 42.5 Å². The number of nitriles is 1. The lowest BCUT2D eigenvalue weighted by molar-refractivity contribution is 0.0747. The highest BCUT2D eigenvalue weighted by Crippen LogP contribution is 2.18. The highest BCUT2D eigenvalue weighted by Gasteiger charge is 2.22. The molecule has 0 atom stereocenters.